The smallest absolute Gasteiger partial charge is 0.311 e. The van der Waals surface area contributed by atoms with Crippen LogP contribution in [0.4, 0.5) is 0 Å². The number of carboxylic acids is 1. The molecule has 6 nitrogen and oxygen atoms in total. The molecule has 1 rings (SSSR count). The van der Waals surface area contributed by atoms with Crippen molar-refractivity contribution in [2.24, 2.45) is 11.3 Å². The van der Waals surface area contributed by atoms with E-state index < -0.39 is 32.9 Å². The first kappa shape index (κ1) is 17.9. The highest BCUT2D eigenvalue weighted by Crippen LogP contribution is 2.35. The van der Waals surface area contributed by atoms with Crippen molar-refractivity contribution in [3.63, 3.8) is 0 Å². The first-order valence-electron chi connectivity index (χ1n) is 7.37. The fourth-order valence-corrected chi connectivity index (χ4v) is 4.42. The highest BCUT2D eigenvalue weighted by molar-refractivity contribution is 7.92. The maximum Gasteiger partial charge on any atom is 0.311 e. The number of hydrogen-bond acceptors (Lipinski definition) is 4. The second-order valence-electron chi connectivity index (χ2n) is 6.37. The van der Waals surface area contributed by atoms with Crippen LogP contribution in [-0.4, -0.2) is 43.5 Å². The molecule has 7 heteroatoms. The van der Waals surface area contributed by atoms with Gasteiger partial charge in [0, 0.05) is 6.54 Å². The van der Waals surface area contributed by atoms with Crippen LogP contribution >= 0.6 is 0 Å². The fraction of sp³-hybridized carbons (Fsp3) is 0.857. The standard InChI is InChI=1S/C14H25NO5S/c1-11(2)8-21(19,20)9-12(16)15-10-14(13(17)18)6-4-3-5-7-14/h11H,3-10H2,1-2H3,(H,15,16)(H,17,18). The molecule has 21 heavy (non-hydrogen) atoms. The summed E-state index contributed by atoms with van der Waals surface area (Å²) in [5.74, 6) is -2.16. The zero-order valence-electron chi connectivity index (χ0n) is 12.7. The van der Waals surface area contributed by atoms with Crippen LogP contribution in [0.15, 0.2) is 0 Å². The number of carboxylic acid groups (broad SMARTS) is 1. The number of hydrogen-bond donors (Lipinski definition) is 2. The Bertz CT molecular complexity index is 478. The molecule has 1 aliphatic carbocycles. The molecule has 0 atom stereocenters. The Balaban J connectivity index is 2.57. The molecule has 0 aromatic rings. The van der Waals surface area contributed by atoms with Gasteiger partial charge in [-0.3, -0.25) is 9.59 Å². The summed E-state index contributed by atoms with van der Waals surface area (Å²) in [6.07, 6.45) is 3.72. The first-order chi connectivity index (χ1) is 9.67. The second kappa shape index (κ2) is 7.24. The van der Waals surface area contributed by atoms with Crippen molar-refractivity contribution in [1.82, 2.24) is 5.32 Å². The molecule has 0 aromatic carbocycles. The number of amides is 1. The van der Waals surface area contributed by atoms with Crippen LogP contribution in [0.25, 0.3) is 0 Å². The summed E-state index contributed by atoms with van der Waals surface area (Å²) < 4.78 is 23.5. The molecule has 0 aromatic heterocycles. The minimum absolute atomic E-state index is 0.0123. The van der Waals surface area contributed by atoms with Gasteiger partial charge in [-0.25, -0.2) is 8.42 Å². The Morgan fingerprint density at radius 1 is 1.19 bits per heavy atom. The average molecular weight is 319 g/mol. The number of carbonyl (C=O) groups excluding carboxylic acids is 1. The van der Waals surface area contributed by atoms with Crippen LogP contribution in [0.2, 0.25) is 0 Å². The van der Waals surface area contributed by atoms with Crippen molar-refractivity contribution < 1.29 is 23.1 Å². The minimum atomic E-state index is -3.43. The molecule has 0 heterocycles. The maximum atomic E-state index is 11.8. The third-order valence-electron chi connectivity index (χ3n) is 3.83. The Morgan fingerprint density at radius 2 is 1.76 bits per heavy atom. The van der Waals surface area contributed by atoms with Gasteiger partial charge in [-0.1, -0.05) is 33.1 Å². The van der Waals surface area contributed by atoms with Gasteiger partial charge >= 0.3 is 5.97 Å². The number of rotatable bonds is 7. The molecular formula is C14H25NO5S. The van der Waals surface area contributed by atoms with Gasteiger partial charge in [0.05, 0.1) is 11.2 Å². The number of sulfone groups is 1. The van der Waals surface area contributed by atoms with Crippen LogP contribution in [-0.2, 0) is 19.4 Å². The van der Waals surface area contributed by atoms with Gasteiger partial charge in [0.2, 0.25) is 5.91 Å². The topological polar surface area (TPSA) is 101 Å². The van der Waals surface area contributed by atoms with Gasteiger partial charge in [-0.05, 0) is 18.8 Å². The summed E-state index contributed by atoms with van der Waals surface area (Å²) in [6, 6.07) is 0. The van der Waals surface area contributed by atoms with Gasteiger partial charge in [0.15, 0.2) is 9.84 Å². The van der Waals surface area contributed by atoms with Crippen LogP contribution in [0.1, 0.15) is 46.0 Å². The molecule has 0 aliphatic heterocycles. The van der Waals surface area contributed by atoms with Crippen molar-refractivity contribution >= 4 is 21.7 Å². The molecule has 1 fully saturated rings. The molecular weight excluding hydrogens is 294 g/mol. The maximum absolute atomic E-state index is 11.8. The Morgan fingerprint density at radius 3 is 2.24 bits per heavy atom. The predicted octanol–water partition coefficient (Wildman–Crippen LogP) is 1.21. The number of nitrogens with one attached hydrogen (secondary N) is 1. The van der Waals surface area contributed by atoms with E-state index in [-0.39, 0.29) is 18.2 Å². The highest BCUT2D eigenvalue weighted by Gasteiger charge is 2.39. The van der Waals surface area contributed by atoms with Crippen molar-refractivity contribution in [1.29, 1.82) is 0 Å². The lowest BCUT2D eigenvalue weighted by Crippen LogP contribution is -2.45. The Labute approximate surface area is 126 Å². The molecule has 0 bridgehead atoms. The fourth-order valence-electron chi connectivity index (χ4n) is 2.78. The quantitative estimate of drug-likeness (QED) is 0.734. The zero-order valence-corrected chi connectivity index (χ0v) is 13.5. The van der Waals surface area contributed by atoms with E-state index in [0.717, 1.165) is 19.3 Å². The third kappa shape index (κ3) is 5.65. The summed E-state index contributed by atoms with van der Waals surface area (Å²) in [4.78, 5) is 23.2. The molecule has 0 radical (unpaired) electrons. The molecule has 1 aliphatic rings. The molecule has 0 spiro atoms. The van der Waals surface area contributed by atoms with E-state index in [1.165, 1.54) is 0 Å². The second-order valence-corrected chi connectivity index (χ2v) is 8.48. The summed E-state index contributed by atoms with van der Waals surface area (Å²) in [7, 11) is -3.43. The van der Waals surface area contributed by atoms with Crippen LogP contribution in [0, 0.1) is 11.3 Å². The predicted molar refractivity (Wildman–Crippen MR) is 79.7 cm³/mol. The van der Waals surface area contributed by atoms with Crippen molar-refractivity contribution in [3.05, 3.63) is 0 Å². The van der Waals surface area contributed by atoms with E-state index in [0.29, 0.717) is 12.8 Å². The van der Waals surface area contributed by atoms with E-state index in [1.54, 1.807) is 13.8 Å². The van der Waals surface area contributed by atoms with Gasteiger partial charge in [-0.15, -0.1) is 0 Å². The lowest BCUT2D eigenvalue weighted by atomic mass is 9.74. The average Bonchev–Trinajstić information content (AvgIpc) is 2.35. The number of aliphatic carboxylic acids is 1. The molecule has 122 valence electrons. The van der Waals surface area contributed by atoms with Crippen LogP contribution in [0.5, 0.6) is 0 Å². The lowest BCUT2D eigenvalue weighted by Gasteiger charge is -2.33. The number of carbonyl (C=O) groups is 2. The van der Waals surface area contributed by atoms with Crippen LogP contribution < -0.4 is 5.32 Å². The normalized spacial score (nSPS) is 18.4. The summed E-state index contributed by atoms with van der Waals surface area (Å²) >= 11 is 0. The van der Waals surface area contributed by atoms with Gasteiger partial charge in [0.25, 0.3) is 0 Å². The van der Waals surface area contributed by atoms with E-state index in [9.17, 15) is 23.1 Å². The van der Waals surface area contributed by atoms with E-state index in [1.807, 2.05) is 0 Å². The minimum Gasteiger partial charge on any atom is -0.481 e. The monoisotopic (exact) mass is 319 g/mol. The summed E-state index contributed by atoms with van der Waals surface area (Å²) in [5.41, 5.74) is -0.935. The van der Waals surface area contributed by atoms with E-state index >= 15 is 0 Å². The molecule has 1 amide bonds. The van der Waals surface area contributed by atoms with E-state index in [4.69, 9.17) is 0 Å². The van der Waals surface area contributed by atoms with Crippen LogP contribution in [0.3, 0.4) is 0 Å². The van der Waals surface area contributed by atoms with Crippen molar-refractivity contribution in [2.75, 3.05) is 18.1 Å². The third-order valence-corrected chi connectivity index (χ3v) is 5.70. The Kier molecular flexibility index (Phi) is 6.19. The van der Waals surface area contributed by atoms with Crippen molar-refractivity contribution in [2.45, 2.75) is 46.0 Å². The van der Waals surface area contributed by atoms with E-state index in [2.05, 4.69) is 5.32 Å². The summed E-state index contributed by atoms with van der Waals surface area (Å²) in [5, 5.41) is 11.9. The molecule has 0 unspecified atom stereocenters. The molecule has 0 saturated heterocycles. The largest absolute Gasteiger partial charge is 0.481 e. The van der Waals surface area contributed by atoms with Gasteiger partial charge in [-0.2, -0.15) is 0 Å². The Hall–Kier alpha value is -1.11. The van der Waals surface area contributed by atoms with Gasteiger partial charge in [0.1, 0.15) is 5.75 Å². The zero-order chi connectivity index (χ0) is 16.1. The first-order valence-corrected chi connectivity index (χ1v) is 9.19. The SMILES string of the molecule is CC(C)CS(=O)(=O)CC(=O)NCC1(C(=O)O)CCCCC1. The van der Waals surface area contributed by atoms with Gasteiger partial charge < -0.3 is 10.4 Å². The highest BCUT2D eigenvalue weighted by atomic mass is 32.2. The molecule has 1 saturated carbocycles. The molecule has 2 N–H and O–H groups in total. The summed E-state index contributed by atoms with van der Waals surface area (Å²) in [6.45, 7) is 3.56. The lowest BCUT2D eigenvalue weighted by molar-refractivity contribution is -0.150. The van der Waals surface area contributed by atoms with Crippen molar-refractivity contribution in [3.8, 4) is 0 Å².